The third kappa shape index (κ3) is 5.53. The van der Waals surface area contributed by atoms with Gasteiger partial charge in [-0.05, 0) is 68.8 Å². The van der Waals surface area contributed by atoms with Gasteiger partial charge >= 0.3 is 5.97 Å². The van der Waals surface area contributed by atoms with Crippen LogP contribution in [-0.4, -0.2) is 23.5 Å². The fourth-order valence-corrected chi connectivity index (χ4v) is 2.81. The van der Waals surface area contributed by atoms with Crippen LogP contribution in [0.1, 0.15) is 50.6 Å². The Morgan fingerprint density at radius 3 is 2.30 bits per heavy atom. The number of Topliss-reactive ketones (excluding diaryl/α,β-unsaturated/α-hetero) is 1. The molecule has 0 bridgehead atoms. The molecule has 2 aromatic carbocycles. The molecule has 1 heterocycles. The number of hydrogen-bond acceptors (Lipinski definition) is 6. The lowest BCUT2D eigenvalue weighted by molar-refractivity contribution is 0.0494. The van der Waals surface area contributed by atoms with Crippen LogP contribution < -0.4 is 4.74 Å². The van der Waals surface area contributed by atoms with Crippen LogP contribution in [0.2, 0.25) is 0 Å². The van der Waals surface area contributed by atoms with E-state index in [9.17, 15) is 14.0 Å². The number of ether oxygens (including phenoxy) is 2. The van der Waals surface area contributed by atoms with E-state index in [4.69, 9.17) is 14.0 Å². The van der Waals surface area contributed by atoms with Crippen molar-refractivity contribution in [3.05, 3.63) is 82.5 Å². The highest BCUT2D eigenvalue weighted by Crippen LogP contribution is 2.18. The molecule has 3 aromatic rings. The molecule has 156 valence electrons. The Morgan fingerprint density at radius 1 is 1.00 bits per heavy atom. The molecule has 0 atom stereocenters. The molecule has 0 aliphatic carbocycles. The van der Waals surface area contributed by atoms with Gasteiger partial charge in [0, 0.05) is 12.0 Å². The van der Waals surface area contributed by atoms with Crippen molar-refractivity contribution in [1.29, 1.82) is 0 Å². The number of hydrogen-bond donors (Lipinski definition) is 0. The second-order valence-electron chi connectivity index (χ2n) is 6.79. The van der Waals surface area contributed by atoms with Crippen molar-refractivity contribution < 1.29 is 28.0 Å². The SMILES string of the molecule is Cc1noc(C)c1COc1ccc(C(=O)OCCCC(=O)c2ccc(F)cc2)cc1. The average Bonchev–Trinajstić information content (AvgIpc) is 3.07. The average molecular weight is 411 g/mol. The summed E-state index contributed by atoms with van der Waals surface area (Å²) in [6, 6.07) is 12.0. The number of carbonyl (C=O) groups excluding carboxylic acids is 2. The van der Waals surface area contributed by atoms with E-state index in [-0.39, 0.29) is 24.6 Å². The molecule has 0 saturated carbocycles. The predicted octanol–water partition coefficient (Wildman–Crippen LogP) is 4.83. The maximum absolute atomic E-state index is 12.9. The number of esters is 1. The van der Waals surface area contributed by atoms with Gasteiger partial charge in [-0.15, -0.1) is 0 Å². The first-order valence-corrected chi connectivity index (χ1v) is 9.54. The maximum Gasteiger partial charge on any atom is 0.338 e. The zero-order valence-electron chi connectivity index (χ0n) is 16.8. The molecule has 0 aliphatic heterocycles. The van der Waals surface area contributed by atoms with E-state index in [0.29, 0.717) is 35.7 Å². The first-order valence-electron chi connectivity index (χ1n) is 9.54. The largest absolute Gasteiger partial charge is 0.489 e. The highest BCUT2D eigenvalue weighted by atomic mass is 19.1. The van der Waals surface area contributed by atoms with Crippen molar-refractivity contribution in [3.63, 3.8) is 0 Å². The summed E-state index contributed by atoms with van der Waals surface area (Å²) < 4.78 is 28.9. The van der Waals surface area contributed by atoms with Gasteiger partial charge < -0.3 is 14.0 Å². The van der Waals surface area contributed by atoms with E-state index in [0.717, 1.165) is 11.3 Å². The zero-order chi connectivity index (χ0) is 21.5. The second-order valence-corrected chi connectivity index (χ2v) is 6.79. The Hall–Kier alpha value is -3.48. The van der Waals surface area contributed by atoms with Gasteiger partial charge in [0.2, 0.25) is 0 Å². The Morgan fingerprint density at radius 2 is 1.67 bits per heavy atom. The van der Waals surface area contributed by atoms with E-state index in [1.54, 1.807) is 24.3 Å². The van der Waals surface area contributed by atoms with Gasteiger partial charge in [0.1, 0.15) is 23.9 Å². The zero-order valence-corrected chi connectivity index (χ0v) is 16.8. The van der Waals surface area contributed by atoms with E-state index in [2.05, 4.69) is 5.16 Å². The van der Waals surface area contributed by atoms with Crippen LogP contribution in [0.4, 0.5) is 4.39 Å². The van der Waals surface area contributed by atoms with Gasteiger partial charge in [-0.2, -0.15) is 0 Å². The van der Waals surface area contributed by atoms with Gasteiger partial charge in [0.15, 0.2) is 5.78 Å². The third-order valence-corrected chi connectivity index (χ3v) is 4.60. The molecule has 0 unspecified atom stereocenters. The molecule has 0 spiro atoms. The van der Waals surface area contributed by atoms with E-state index in [1.165, 1.54) is 24.3 Å². The molecule has 0 radical (unpaired) electrons. The molecule has 7 heteroatoms. The number of carbonyl (C=O) groups is 2. The smallest absolute Gasteiger partial charge is 0.338 e. The number of benzene rings is 2. The maximum atomic E-state index is 12.9. The van der Waals surface area contributed by atoms with Crippen molar-refractivity contribution in [3.8, 4) is 5.75 Å². The van der Waals surface area contributed by atoms with Crippen molar-refractivity contribution in [2.45, 2.75) is 33.3 Å². The first-order chi connectivity index (χ1) is 14.4. The Kier molecular flexibility index (Phi) is 6.95. The van der Waals surface area contributed by atoms with Crippen LogP contribution >= 0.6 is 0 Å². The van der Waals surface area contributed by atoms with E-state index in [1.807, 2.05) is 13.8 Å². The summed E-state index contributed by atoms with van der Waals surface area (Å²) >= 11 is 0. The summed E-state index contributed by atoms with van der Waals surface area (Å²) in [6.45, 7) is 4.12. The fraction of sp³-hybridized carbons (Fsp3) is 0.261. The minimum atomic E-state index is -0.471. The van der Waals surface area contributed by atoms with E-state index >= 15 is 0 Å². The molecule has 3 rings (SSSR count). The normalized spacial score (nSPS) is 10.6. The predicted molar refractivity (Wildman–Crippen MR) is 107 cm³/mol. The minimum absolute atomic E-state index is 0.120. The van der Waals surface area contributed by atoms with Crippen molar-refractivity contribution in [2.24, 2.45) is 0 Å². The van der Waals surface area contributed by atoms with Crippen molar-refractivity contribution in [2.75, 3.05) is 6.61 Å². The summed E-state index contributed by atoms with van der Waals surface area (Å²) in [4.78, 5) is 24.1. The Balaban J connectivity index is 1.42. The second kappa shape index (κ2) is 9.82. The lowest BCUT2D eigenvalue weighted by atomic mass is 10.1. The molecule has 0 aliphatic rings. The van der Waals surface area contributed by atoms with Gasteiger partial charge in [0.05, 0.1) is 23.4 Å². The number of aryl methyl sites for hydroxylation is 2. The molecule has 0 amide bonds. The molecule has 0 saturated heterocycles. The molecular weight excluding hydrogens is 389 g/mol. The number of aromatic nitrogens is 1. The quantitative estimate of drug-likeness (QED) is 0.285. The Bertz CT molecular complexity index is 990. The van der Waals surface area contributed by atoms with Crippen LogP contribution in [0.3, 0.4) is 0 Å². The molecule has 0 fully saturated rings. The van der Waals surface area contributed by atoms with Gasteiger partial charge in [-0.1, -0.05) is 5.16 Å². The third-order valence-electron chi connectivity index (χ3n) is 4.60. The monoisotopic (exact) mass is 411 g/mol. The lowest BCUT2D eigenvalue weighted by Gasteiger charge is -2.08. The summed E-state index contributed by atoms with van der Waals surface area (Å²) in [5.74, 6) is 0.343. The molecule has 30 heavy (non-hydrogen) atoms. The number of rotatable bonds is 9. The summed E-state index contributed by atoms with van der Waals surface area (Å²) in [7, 11) is 0. The highest BCUT2D eigenvalue weighted by molar-refractivity contribution is 5.96. The van der Waals surface area contributed by atoms with Gasteiger partial charge in [-0.25, -0.2) is 9.18 Å². The van der Waals surface area contributed by atoms with Crippen LogP contribution in [0.15, 0.2) is 53.1 Å². The van der Waals surface area contributed by atoms with Crippen LogP contribution in [-0.2, 0) is 11.3 Å². The Labute approximate surface area is 173 Å². The van der Waals surface area contributed by atoms with Gasteiger partial charge in [0.25, 0.3) is 0 Å². The molecule has 1 aromatic heterocycles. The first kappa shape index (κ1) is 21.2. The number of halogens is 1. The van der Waals surface area contributed by atoms with E-state index < -0.39 is 5.97 Å². The molecule has 0 N–H and O–H groups in total. The standard InChI is InChI=1S/C23H22FNO5/c1-15-21(16(2)30-25-15)14-29-20-11-7-18(8-12-20)23(27)28-13-3-4-22(26)17-5-9-19(24)10-6-17/h5-12H,3-4,13-14H2,1-2H3. The molecular formula is C23H22FNO5. The van der Waals surface area contributed by atoms with Crippen LogP contribution in [0.25, 0.3) is 0 Å². The fourth-order valence-electron chi connectivity index (χ4n) is 2.81. The van der Waals surface area contributed by atoms with Gasteiger partial charge in [-0.3, -0.25) is 4.79 Å². The van der Waals surface area contributed by atoms with Crippen LogP contribution in [0, 0.1) is 19.7 Å². The topological polar surface area (TPSA) is 78.6 Å². The number of nitrogens with zero attached hydrogens (tertiary/aromatic N) is 1. The summed E-state index contributed by atoms with van der Waals surface area (Å²) in [5, 5.41) is 3.88. The summed E-state index contributed by atoms with van der Waals surface area (Å²) in [5.41, 5.74) is 2.51. The number of ketones is 1. The van der Waals surface area contributed by atoms with Crippen molar-refractivity contribution >= 4 is 11.8 Å². The lowest BCUT2D eigenvalue weighted by Crippen LogP contribution is -2.08. The van der Waals surface area contributed by atoms with Crippen molar-refractivity contribution in [1.82, 2.24) is 5.16 Å². The molecule has 6 nitrogen and oxygen atoms in total. The summed E-state index contributed by atoms with van der Waals surface area (Å²) in [6.07, 6.45) is 0.605. The van der Waals surface area contributed by atoms with Crippen LogP contribution in [0.5, 0.6) is 5.75 Å². The minimum Gasteiger partial charge on any atom is -0.489 e. The highest BCUT2D eigenvalue weighted by Gasteiger charge is 2.11.